The molecule has 0 aromatic carbocycles. The summed E-state index contributed by atoms with van der Waals surface area (Å²) in [5.41, 5.74) is 6.57. The van der Waals surface area contributed by atoms with Gasteiger partial charge in [-0.25, -0.2) is 0 Å². The number of nitrogen functional groups attached to an aromatic ring is 1. The molecule has 0 aliphatic carbocycles. The van der Waals surface area contributed by atoms with E-state index in [1.807, 2.05) is 6.92 Å². The molecule has 1 aromatic heterocycles. The number of nitrogens with zero attached hydrogens (tertiary/aromatic N) is 1. The summed E-state index contributed by atoms with van der Waals surface area (Å²) < 4.78 is 6.77. The van der Waals surface area contributed by atoms with Crippen LogP contribution < -0.4 is 5.73 Å². The van der Waals surface area contributed by atoms with E-state index in [0.717, 1.165) is 12.1 Å². The second kappa shape index (κ2) is 4.44. The van der Waals surface area contributed by atoms with Crippen LogP contribution in [-0.2, 0) is 16.0 Å². The van der Waals surface area contributed by atoms with E-state index in [1.165, 1.54) is 11.4 Å². The minimum absolute atomic E-state index is 0.171. The van der Waals surface area contributed by atoms with Gasteiger partial charge in [-0.2, -0.15) is 0 Å². The molecule has 72 valence electrons. The summed E-state index contributed by atoms with van der Waals surface area (Å²) in [6.45, 7) is 3.78. The number of nitrogens with two attached hydrogens (primary N) is 1. The van der Waals surface area contributed by atoms with Crippen molar-refractivity contribution in [3.63, 3.8) is 0 Å². The third-order valence-corrected chi connectivity index (χ3v) is 3.74. The van der Waals surface area contributed by atoms with Crippen LogP contribution in [0.3, 0.4) is 0 Å². The third kappa shape index (κ3) is 3.20. The predicted octanol–water partition coefficient (Wildman–Crippen LogP) is 0.135. The summed E-state index contributed by atoms with van der Waals surface area (Å²) in [5.74, 6) is -0.238. The Morgan fingerprint density at radius 3 is 2.85 bits per heavy atom. The van der Waals surface area contributed by atoms with Gasteiger partial charge in [-0.3, -0.25) is 0 Å². The van der Waals surface area contributed by atoms with Gasteiger partial charge in [-0.1, -0.05) is 0 Å². The molecule has 1 rings (SSSR count). The van der Waals surface area contributed by atoms with Crippen molar-refractivity contribution < 1.29 is 9.53 Å². The molecule has 1 heterocycles. The van der Waals surface area contributed by atoms with Crippen LogP contribution in [-0.4, -0.2) is 32.1 Å². The van der Waals surface area contributed by atoms with Gasteiger partial charge in [0.05, 0.1) is 0 Å². The van der Waals surface area contributed by atoms with E-state index in [1.54, 1.807) is 0 Å². The Morgan fingerprint density at radius 1 is 1.69 bits per heavy atom. The molecule has 0 bridgehead atoms. The Bertz CT molecular complexity index is 309. The van der Waals surface area contributed by atoms with E-state index in [-0.39, 0.29) is 20.5 Å². The van der Waals surface area contributed by atoms with Crippen molar-refractivity contribution in [1.82, 2.24) is 4.98 Å². The molecule has 0 aliphatic heterocycles. The standard InChI is InChI=1S/C8H12N2O2Se/c1-5-7(13-8(9)10-5)3-4-12-6(2)11/h3-4H2,1-2H3,(H2,9,10). The van der Waals surface area contributed by atoms with Gasteiger partial charge < -0.3 is 0 Å². The van der Waals surface area contributed by atoms with Crippen molar-refractivity contribution in [2.75, 3.05) is 12.3 Å². The summed E-state index contributed by atoms with van der Waals surface area (Å²) in [6.07, 6.45) is 0.760. The van der Waals surface area contributed by atoms with Gasteiger partial charge in [0.1, 0.15) is 0 Å². The van der Waals surface area contributed by atoms with Crippen LogP contribution >= 0.6 is 0 Å². The predicted molar refractivity (Wildman–Crippen MR) is 50.7 cm³/mol. The molecular formula is C8H12N2O2Se. The van der Waals surface area contributed by atoms with Crippen molar-refractivity contribution in [3.05, 3.63) is 10.1 Å². The summed E-state index contributed by atoms with van der Waals surface area (Å²) >= 11 is 0.171. The van der Waals surface area contributed by atoms with Gasteiger partial charge in [-0.05, 0) is 0 Å². The van der Waals surface area contributed by atoms with Crippen LogP contribution in [0.4, 0.5) is 4.69 Å². The number of aromatic nitrogens is 1. The van der Waals surface area contributed by atoms with E-state index < -0.39 is 0 Å². The van der Waals surface area contributed by atoms with Crippen LogP contribution in [0.5, 0.6) is 0 Å². The first-order chi connectivity index (χ1) is 6.09. The molecule has 0 saturated carbocycles. The Kier molecular flexibility index (Phi) is 3.51. The number of carbonyl (C=O) groups excluding carboxylic acids is 1. The summed E-state index contributed by atoms with van der Waals surface area (Å²) in [5, 5.41) is 0. The Balaban J connectivity index is 2.45. The number of hydrogen-bond donors (Lipinski definition) is 1. The number of aryl methyl sites for hydroxylation is 1. The monoisotopic (exact) mass is 248 g/mol. The first-order valence-corrected chi connectivity index (χ1v) is 5.66. The van der Waals surface area contributed by atoms with E-state index in [2.05, 4.69) is 4.98 Å². The fourth-order valence-corrected chi connectivity index (χ4v) is 2.68. The van der Waals surface area contributed by atoms with Crippen molar-refractivity contribution in [3.8, 4) is 0 Å². The summed E-state index contributed by atoms with van der Waals surface area (Å²) in [4.78, 5) is 14.6. The molecule has 0 spiro atoms. The van der Waals surface area contributed by atoms with Gasteiger partial charge >= 0.3 is 82.4 Å². The zero-order valence-electron chi connectivity index (χ0n) is 7.66. The Morgan fingerprint density at radius 2 is 2.38 bits per heavy atom. The van der Waals surface area contributed by atoms with Crippen LogP contribution in [0.25, 0.3) is 0 Å². The van der Waals surface area contributed by atoms with E-state index >= 15 is 0 Å². The average molecular weight is 247 g/mol. The number of rotatable bonds is 3. The molecule has 4 nitrogen and oxygen atoms in total. The quantitative estimate of drug-likeness (QED) is 0.609. The molecule has 5 heteroatoms. The fourth-order valence-electron chi connectivity index (χ4n) is 0.970. The molecule has 13 heavy (non-hydrogen) atoms. The van der Waals surface area contributed by atoms with Crippen LogP contribution in [0.2, 0.25) is 0 Å². The molecule has 1 aromatic rings. The van der Waals surface area contributed by atoms with Crippen molar-refractivity contribution in [2.45, 2.75) is 20.3 Å². The van der Waals surface area contributed by atoms with Gasteiger partial charge in [0.15, 0.2) is 0 Å². The molecule has 0 unspecified atom stereocenters. The van der Waals surface area contributed by atoms with Crippen LogP contribution in [0.15, 0.2) is 0 Å². The first kappa shape index (κ1) is 10.3. The third-order valence-electron chi connectivity index (χ3n) is 1.54. The van der Waals surface area contributed by atoms with E-state index in [4.69, 9.17) is 10.5 Å². The van der Waals surface area contributed by atoms with Crippen LogP contribution in [0.1, 0.15) is 17.1 Å². The first-order valence-electron chi connectivity index (χ1n) is 3.94. The molecule has 0 atom stereocenters. The van der Waals surface area contributed by atoms with Gasteiger partial charge in [0.25, 0.3) is 0 Å². The van der Waals surface area contributed by atoms with Crippen LogP contribution in [0, 0.1) is 6.92 Å². The van der Waals surface area contributed by atoms with Gasteiger partial charge in [-0.15, -0.1) is 0 Å². The van der Waals surface area contributed by atoms with Crippen molar-refractivity contribution >= 4 is 25.2 Å². The molecular weight excluding hydrogens is 235 g/mol. The second-order valence-electron chi connectivity index (χ2n) is 2.65. The van der Waals surface area contributed by atoms with Gasteiger partial charge in [0, 0.05) is 0 Å². The zero-order chi connectivity index (χ0) is 9.84. The fraction of sp³-hybridized carbons (Fsp3) is 0.500. The number of ether oxygens (including phenoxy) is 1. The van der Waals surface area contributed by atoms with Crippen molar-refractivity contribution in [2.24, 2.45) is 0 Å². The normalized spacial score (nSPS) is 10.0. The van der Waals surface area contributed by atoms with Gasteiger partial charge in [0.2, 0.25) is 0 Å². The topological polar surface area (TPSA) is 65.2 Å². The average Bonchev–Trinajstić information content (AvgIpc) is 2.29. The number of hydrogen-bond acceptors (Lipinski definition) is 4. The SMILES string of the molecule is CC(=O)OCCc1[se]c(N)nc1C. The summed E-state index contributed by atoms with van der Waals surface area (Å²) in [7, 11) is 0. The molecule has 0 fully saturated rings. The Hall–Kier alpha value is -0.801. The Labute approximate surface area is 82.8 Å². The second-order valence-corrected chi connectivity index (χ2v) is 4.99. The van der Waals surface area contributed by atoms with E-state index in [9.17, 15) is 4.79 Å². The minimum atomic E-state index is -0.238. The zero-order valence-corrected chi connectivity index (χ0v) is 9.38. The molecule has 0 amide bonds. The number of carbonyl (C=O) groups is 1. The van der Waals surface area contributed by atoms with Crippen molar-refractivity contribution in [1.29, 1.82) is 0 Å². The molecule has 0 saturated heterocycles. The molecule has 2 N–H and O–H groups in total. The summed E-state index contributed by atoms with van der Waals surface area (Å²) in [6, 6.07) is 0. The number of esters is 1. The van der Waals surface area contributed by atoms with E-state index in [0.29, 0.717) is 11.3 Å². The number of anilines is 1. The maximum absolute atomic E-state index is 10.5. The molecule has 0 radical (unpaired) electrons. The maximum atomic E-state index is 10.5. The molecule has 0 aliphatic rings.